The van der Waals surface area contributed by atoms with Crippen molar-refractivity contribution in [1.82, 2.24) is 0 Å². The summed E-state index contributed by atoms with van der Waals surface area (Å²) in [5.41, 5.74) is 2.46. The molecule has 82 valence electrons. The third kappa shape index (κ3) is 1.67. The molecule has 1 unspecified atom stereocenters. The summed E-state index contributed by atoms with van der Waals surface area (Å²) in [6, 6.07) is 3.98. The van der Waals surface area contributed by atoms with Gasteiger partial charge in [-0.05, 0) is 24.5 Å². The SMILES string of the molecule is COc1cc2c(c(OC)c1)C(OC)CC2. The molecule has 0 radical (unpaired) electrons. The minimum absolute atomic E-state index is 0.167. The molecule has 0 saturated heterocycles. The van der Waals surface area contributed by atoms with Gasteiger partial charge in [0.1, 0.15) is 11.5 Å². The number of fused-ring (bicyclic) bond motifs is 1. The van der Waals surface area contributed by atoms with E-state index < -0.39 is 0 Å². The maximum atomic E-state index is 5.43. The van der Waals surface area contributed by atoms with E-state index in [0.29, 0.717) is 0 Å². The monoisotopic (exact) mass is 208 g/mol. The maximum Gasteiger partial charge on any atom is 0.128 e. The standard InChI is InChI=1S/C12H16O3/c1-13-9-6-8-4-5-10(14-2)12(8)11(7-9)15-3/h6-7,10H,4-5H2,1-3H3. The summed E-state index contributed by atoms with van der Waals surface area (Å²) in [5, 5.41) is 0. The van der Waals surface area contributed by atoms with Crippen molar-refractivity contribution in [3.05, 3.63) is 23.3 Å². The Morgan fingerprint density at radius 1 is 1.13 bits per heavy atom. The zero-order valence-electron chi connectivity index (χ0n) is 9.37. The van der Waals surface area contributed by atoms with Gasteiger partial charge in [0.05, 0.1) is 20.3 Å². The molecule has 1 aliphatic rings. The summed E-state index contributed by atoms with van der Waals surface area (Å²) in [5.74, 6) is 1.72. The van der Waals surface area contributed by atoms with Crippen LogP contribution in [0.2, 0.25) is 0 Å². The van der Waals surface area contributed by atoms with Crippen molar-refractivity contribution in [2.24, 2.45) is 0 Å². The Morgan fingerprint density at radius 2 is 1.93 bits per heavy atom. The molecule has 3 nitrogen and oxygen atoms in total. The van der Waals surface area contributed by atoms with Crippen LogP contribution in [0.1, 0.15) is 23.7 Å². The molecule has 0 amide bonds. The third-order valence-electron chi connectivity index (χ3n) is 2.94. The fourth-order valence-electron chi connectivity index (χ4n) is 2.18. The van der Waals surface area contributed by atoms with Crippen molar-refractivity contribution >= 4 is 0 Å². The van der Waals surface area contributed by atoms with Crippen LogP contribution in [0.3, 0.4) is 0 Å². The lowest BCUT2D eigenvalue weighted by Crippen LogP contribution is -1.99. The Labute approximate surface area is 90.0 Å². The van der Waals surface area contributed by atoms with Crippen molar-refractivity contribution in [3.8, 4) is 11.5 Å². The molecule has 1 atom stereocenters. The summed E-state index contributed by atoms with van der Waals surface area (Å²) in [4.78, 5) is 0. The number of ether oxygens (including phenoxy) is 3. The first kappa shape index (κ1) is 10.3. The molecule has 15 heavy (non-hydrogen) atoms. The van der Waals surface area contributed by atoms with E-state index in [2.05, 4.69) is 6.07 Å². The van der Waals surface area contributed by atoms with E-state index in [1.54, 1.807) is 21.3 Å². The average molecular weight is 208 g/mol. The molecule has 2 rings (SSSR count). The number of methoxy groups -OCH3 is 3. The number of aryl methyl sites for hydroxylation is 1. The highest BCUT2D eigenvalue weighted by Gasteiger charge is 2.26. The molecule has 1 aliphatic carbocycles. The van der Waals surface area contributed by atoms with Crippen LogP contribution < -0.4 is 9.47 Å². The molecule has 0 fully saturated rings. The zero-order valence-corrected chi connectivity index (χ0v) is 9.37. The van der Waals surface area contributed by atoms with E-state index in [-0.39, 0.29) is 6.10 Å². The molecule has 1 aromatic carbocycles. The van der Waals surface area contributed by atoms with Crippen LogP contribution >= 0.6 is 0 Å². The fraction of sp³-hybridized carbons (Fsp3) is 0.500. The minimum Gasteiger partial charge on any atom is -0.497 e. The topological polar surface area (TPSA) is 27.7 Å². The van der Waals surface area contributed by atoms with Crippen LogP contribution in [-0.2, 0) is 11.2 Å². The molecule has 0 N–H and O–H groups in total. The predicted molar refractivity (Wildman–Crippen MR) is 57.6 cm³/mol. The Hall–Kier alpha value is -1.22. The van der Waals surface area contributed by atoms with Gasteiger partial charge in [0.25, 0.3) is 0 Å². The van der Waals surface area contributed by atoms with Crippen LogP contribution in [0.4, 0.5) is 0 Å². The molecule has 1 aromatic rings. The van der Waals surface area contributed by atoms with E-state index in [0.717, 1.165) is 24.3 Å². The Morgan fingerprint density at radius 3 is 2.53 bits per heavy atom. The molecular weight excluding hydrogens is 192 g/mol. The van der Waals surface area contributed by atoms with E-state index >= 15 is 0 Å². The molecule has 0 aromatic heterocycles. The third-order valence-corrected chi connectivity index (χ3v) is 2.94. The highest BCUT2D eigenvalue weighted by Crippen LogP contribution is 2.42. The Kier molecular flexibility index (Phi) is 2.82. The quantitative estimate of drug-likeness (QED) is 0.763. The molecule has 0 saturated carbocycles. The molecular formula is C12H16O3. The zero-order chi connectivity index (χ0) is 10.8. The van der Waals surface area contributed by atoms with Gasteiger partial charge in [-0.25, -0.2) is 0 Å². The largest absolute Gasteiger partial charge is 0.497 e. The number of benzene rings is 1. The highest BCUT2D eigenvalue weighted by molar-refractivity contribution is 5.50. The van der Waals surface area contributed by atoms with Crippen molar-refractivity contribution in [1.29, 1.82) is 0 Å². The van der Waals surface area contributed by atoms with Crippen LogP contribution in [0, 0.1) is 0 Å². The second kappa shape index (κ2) is 4.11. The lowest BCUT2D eigenvalue weighted by molar-refractivity contribution is 0.103. The second-order valence-corrected chi connectivity index (χ2v) is 3.67. The highest BCUT2D eigenvalue weighted by atomic mass is 16.5. The first-order chi connectivity index (χ1) is 7.30. The first-order valence-corrected chi connectivity index (χ1v) is 5.07. The molecule has 0 spiro atoms. The van der Waals surface area contributed by atoms with E-state index in [1.165, 1.54) is 11.1 Å². The smallest absolute Gasteiger partial charge is 0.128 e. The van der Waals surface area contributed by atoms with Crippen LogP contribution in [-0.4, -0.2) is 21.3 Å². The predicted octanol–water partition coefficient (Wildman–Crippen LogP) is 2.34. The van der Waals surface area contributed by atoms with E-state index in [9.17, 15) is 0 Å². The van der Waals surface area contributed by atoms with Gasteiger partial charge in [0, 0.05) is 18.7 Å². The van der Waals surface area contributed by atoms with Crippen molar-refractivity contribution < 1.29 is 14.2 Å². The van der Waals surface area contributed by atoms with Gasteiger partial charge < -0.3 is 14.2 Å². The van der Waals surface area contributed by atoms with Crippen molar-refractivity contribution in [3.63, 3.8) is 0 Å². The summed E-state index contributed by atoms with van der Waals surface area (Å²) in [6.07, 6.45) is 2.22. The van der Waals surface area contributed by atoms with Gasteiger partial charge in [0.2, 0.25) is 0 Å². The van der Waals surface area contributed by atoms with Crippen molar-refractivity contribution in [2.75, 3.05) is 21.3 Å². The average Bonchev–Trinajstić information content (AvgIpc) is 2.70. The Bertz CT molecular complexity index is 360. The fourth-order valence-corrected chi connectivity index (χ4v) is 2.18. The van der Waals surface area contributed by atoms with Crippen molar-refractivity contribution in [2.45, 2.75) is 18.9 Å². The number of hydrogen-bond acceptors (Lipinski definition) is 3. The maximum absolute atomic E-state index is 5.43. The van der Waals surface area contributed by atoms with Crippen LogP contribution in [0.25, 0.3) is 0 Å². The van der Waals surface area contributed by atoms with Gasteiger partial charge in [-0.2, -0.15) is 0 Å². The lowest BCUT2D eigenvalue weighted by Gasteiger charge is -2.14. The van der Waals surface area contributed by atoms with Crippen LogP contribution in [0.5, 0.6) is 11.5 Å². The number of hydrogen-bond donors (Lipinski definition) is 0. The second-order valence-electron chi connectivity index (χ2n) is 3.67. The van der Waals surface area contributed by atoms with Gasteiger partial charge in [-0.1, -0.05) is 0 Å². The van der Waals surface area contributed by atoms with Gasteiger partial charge >= 0.3 is 0 Å². The molecule has 0 heterocycles. The molecule has 0 aliphatic heterocycles. The summed E-state index contributed by atoms with van der Waals surface area (Å²) >= 11 is 0. The van der Waals surface area contributed by atoms with E-state index in [4.69, 9.17) is 14.2 Å². The minimum atomic E-state index is 0.167. The molecule has 0 bridgehead atoms. The molecule has 3 heteroatoms. The first-order valence-electron chi connectivity index (χ1n) is 5.07. The normalized spacial score (nSPS) is 18.7. The van der Waals surface area contributed by atoms with Gasteiger partial charge in [-0.3, -0.25) is 0 Å². The van der Waals surface area contributed by atoms with Gasteiger partial charge in [0.15, 0.2) is 0 Å². The summed E-state index contributed by atoms with van der Waals surface area (Å²) in [6.45, 7) is 0. The van der Waals surface area contributed by atoms with Gasteiger partial charge in [-0.15, -0.1) is 0 Å². The van der Waals surface area contributed by atoms with Crippen LogP contribution in [0.15, 0.2) is 12.1 Å². The summed E-state index contributed by atoms with van der Waals surface area (Å²) in [7, 11) is 5.09. The lowest BCUT2D eigenvalue weighted by atomic mass is 10.1. The summed E-state index contributed by atoms with van der Waals surface area (Å²) < 4.78 is 16.0. The number of rotatable bonds is 3. The van der Waals surface area contributed by atoms with E-state index in [1.807, 2.05) is 6.07 Å². The Balaban J connectivity index is 2.48.